The van der Waals surface area contributed by atoms with Crippen molar-refractivity contribution in [1.82, 2.24) is 19.8 Å². The van der Waals surface area contributed by atoms with E-state index in [1.165, 1.54) is 5.69 Å². The van der Waals surface area contributed by atoms with Crippen LogP contribution in [-0.4, -0.2) is 77.6 Å². The number of aromatic nitrogens is 2. The highest BCUT2D eigenvalue weighted by molar-refractivity contribution is 5.86. The van der Waals surface area contributed by atoms with Crippen LogP contribution in [0.3, 0.4) is 0 Å². The molecule has 2 aliphatic rings. The van der Waals surface area contributed by atoms with Crippen LogP contribution in [-0.2, 0) is 4.79 Å². The number of nitrogens with zero attached hydrogens (tertiary/aromatic N) is 5. The summed E-state index contributed by atoms with van der Waals surface area (Å²) >= 11 is 0. The minimum Gasteiger partial charge on any atom is -0.474 e. The number of likely N-dealkylation sites (N-methyl/N-ethyl adjacent to an activating group) is 1. The minimum atomic E-state index is 0.0734. The predicted molar refractivity (Wildman–Crippen MR) is 119 cm³/mol. The summed E-state index contributed by atoms with van der Waals surface area (Å²) in [4.78, 5) is 27.8. The van der Waals surface area contributed by atoms with Gasteiger partial charge in [0.1, 0.15) is 6.33 Å². The molecule has 0 spiro atoms. The number of rotatable bonds is 5. The smallest absolute Gasteiger partial charge is 0.224 e. The number of carbonyl (C=O) groups excluding carboxylic acids is 1. The van der Waals surface area contributed by atoms with Gasteiger partial charge in [-0.1, -0.05) is 6.42 Å². The van der Waals surface area contributed by atoms with E-state index in [9.17, 15) is 4.79 Å². The van der Waals surface area contributed by atoms with Gasteiger partial charge in [0, 0.05) is 57.9 Å². The van der Waals surface area contributed by atoms with E-state index in [1.54, 1.807) is 6.33 Å². The van der Waals surface area contributed by atoms with Crippen LogP contribution in [0.4, 0.5) is 5.69 Å². The van der Waals surface area contributed by atoms with Gasteiger partial charge in [-0.3, -0.25) is 9.69 Å². The Morgan fingerprint density at radius 1 is 1.13 bits per heavy atom. The van der Waals surface area contributed by atoms with Crippen molar-refractivity contribution in [3.63, 3.8) is 0 Å². The van der Waals surface area contributed by atoms with Crippen LogP contribution < -0.4 is 9.64 Å². The second-order valence-corrected chi connectivity index (χ2v) is 8.74. The summed E-state index contributed by atoms with van der Waals surface area (Å²) in [5.74, 6) is 0.950. The lowest BCUT2D eigenvalue weighted by Gasteiger charge is -2.39. The summed E-state index contributed by atoms with van der Waals surface area (Å²) < 4.78 is 5.89. The van der Waals surface area contributed by atoms with Crippen LogP contribution in [0.15, 0.2) is 24.5 Å². The van der Waals surface area contributed by atoms with E-state index in [-0.39, 0.29) is 6.10 Å². The summed E-state index contributed by atoms with van der Waals surface area (Å²) in [6.45, 7) is 8.98. The number of amides is 1. The van der Waals surface area contributed by atoms with E-state index in [1.807, 2.05) is 25.8 Å². The predicted octanol–water partition coefficient (Wildman–Crippen LogP) is 2.94. The maximum atomic E-state index is 12.2. The highest BCUT2D eigenvalue weighted by Gasteiger charge is 2.26. The fourth-order valence-electron chi connectivity index (χ4n) is 4.47. The van der Waals surface area contributed by atoms with Crippen LogP contribution in [0.5, 0.6) is 5.88 Å². The Kier molecular flexibility index (Phi) is 6.37. The van der Waals surface area contributed by atoms with Gasteiger partial charge in [0.25, 0.3) is 0 Å². The van der Waals surface area contributed by atoms with E-state index in [4.69, 9.17) is 4.74 Å². The molecule has 1 atom stereocenters. The molecule has 30 heavy (non-hydrogen) atoms. The Morgan fingerprint density at radius 3 is 2.70 bits per heavy atom. The minimum absolute atomic E-state index is 0.0734. The fraction of sp³-hybridized carbons (Fsp3) is 0.609. The van der Waals surface area contributed by atoms with Crippen molar-refractivity contribution in [2.75, 3.05) is 44.7 Å². The number of hydrogen-bond donors (Lipinski definition) is 0. The van der Waals surface area contributed by atoms with Crippen LogP contribution in [0.25, 0.3) is 10.9 Å². The third-order valence-corrected chi connectivity index (χ3v) is 6.26. The molecular weight excluding hydrogens is 378 g/mol. The average Bonchev–Trinajstić information content (AvgIpc) is 2.90. The van der Waals surface area contributed by atoms with Crippen molar-refractivity contribution >= 4 is 22.5 Å². The van der Waals surface area contributed by atoms with Gasteiger partial charge in [-0.05, 0) is 44.9 Å². The molecule has 2 fully saturated rings. The van der Waals surface area contributed by atoms with Crippen molar-refractivity contribution in [2.45, 2.75) is 51.7 Å². The van der Waals surface area contributed by atoms with Gasteiger partial charge in [-0.15, -0.1) is 0 Å². The molecule has 0 N–H and O–H groups in total. The van der Waals surface area contributed by atoms with E-state index in [0.717, 1.165) is 62.9 Å². The molecule has 1 aromatic heterocycles. The summed E-state index contributed by atoms with van der Waals surface area (Å²) in [5.41, 5.74) is 2.09. The molecule has 0 radical (unpaired) electrons. The largest absolute Gasteiger partial charge is 0.474 e. The maximum absolute atomic E-state index is 12.2. The average molecular weight is 412 g/mol. The molecule has 7 nitrogen and oxygen atoms in total. The molecular formula is C23H33N5O2. The number of fused-ring (bicyclic) bond motifs is 1. The summed E-state index contributed by atoms with van der Waals surface area (Å²) in [6.07, 6.45) is 5.64. The van der Waals surface area contributed by atoms with Gasteiger partial charge >= 0.3 is 0 Å². The molecule has 2 aromatic rings. The van der Waals surface area contributed by atoms with Gasteiger partial charge in [0.2, 0.25) is 11.8 Å². The van der Waals surface area contributed by atoms with Crippen molar-refractivity contribution in [3.05, 3.63) is 24.5 Å². The lowest BCUT2D eigenvalue weighted by atomic mass is 10.1. The van der Waals surface area contributed by atoms with Gasteiger partial charge in [-0.2, -0.15) is 0 Å². The third-order valence-electron chi connectivity index (χ3n) is 6.26. The van der Waals surface area contributed by atoms with Gasteiger partial charge in [0.05, 0.1) is 17.0 Å². The van der Waals surface area contributed by atoms with E-state index < -0.39 is 0 Å². The number of carbonyl (C=O) groups is 1. The van der Waals surface area contributed by atoms with Crippen molar-refractivity contribution in [2.24, 2.45) is 0 Å². The monoisotopic (exact) mass is 411 g/mol. The molecule has 3 heterocycles. The zero-order chi connectivity index (χ0) is 21.1. The Morgan fingerprint density at radius 2 is 1.93 bits per heavy atom. The lowest BCUT2D eigenvalue weighted by molar-refractivity contribution is -0.131. The Balaban J connectivity index is 1.41. The standard InChI is InChI=1S/C23H33N5O2/c1-17(2)30-23-20-14-18(8-9-21(20)24-16-25-23)28-12-10-27(11-13-28)15-19-6-4-5-7-22(29)26(19)3/h8-9,14,16-17,19H,4-7,10-13,15H2,1-3H3. The summed E-state index contributed by atoms with van der Waals surface area (Å²) in [6, 6.07) is 6.69. The third kappa shape index (κ3) is 4.67. The first-order valence-electron chi connectivity index (χ1n) is 11.2. The molecule has 4 rings (SSSR count). The molecule has 0 aliphatic carbocycles. The molecule has 7 heteroatoms. The van der Waals surface area contributed by atoms with Gasteiger partial charge in [0.15, 0.2) is 0 Å². The van der Waals surface area contributed by atoms with Gasteiger partial charge < -0.3 is 14.5 Å². The Bertz CT molecular complexity index is 879. The number of ether oxygens (including phenoxy) is 1. The molecule has 1 amide bonds. The van der Waals surface area contributed by atoms with Crippen LogP contribution >= 0.6 is 0 Å². The second-order valence-electron chi connectivity index (χ2n) is 8.74. The van der Waals surface area contributed by atoms with E-state index in [0.29, 0.717) is 24.2 Å². The van der Waals surface area contributed by atoms with Crippen LogP contribution in [0.1, 0.15) is 39.5 Å². The molecule has 1 unspecified atom stereocenters. The normalized spacial score (nSPS) is 21.3. The number of likely N-dealkylation sites (tertiary alicyclic amines) is 1. The second kappa shape index (κ2) is 9.16. The highest BCUT2D eigenvalue weighted by atomic mass is 16.5. The molecule has 0 bridgehead atoms. The van der Waals surface area contributed by atoms with Crippen molar-refractivity contribution in [1.29, 1.82) is 0 Å². The number of anilines is 1. The summed E-state index contributed by atoms with van der Waals surface area (Å²) in [5, 5.41) is 0.963. The van der Waals surface area contributed by atoms with Crippen molar-refractivity contribution < 1.29 is 9.53 Å². The van der Waals surface area contributed by atoms with E-state index >= 15 is 0 Å². The van der Waals surface area contributed by atoms with E-state index in [2.05, 4.69) is 38.0 Å². The number of hydrogen-bond acceptors (Lipinski definition) is 6. The van der Waals surface area contributed by atoms with Crippen LogP contribution in [0, 0.1) is 0 Å². The fourth-order valence-corrected chi connectivity index (χ4v) is 4.47. The number of piperazine rings is 1. The first kappa shape index (κ1) is 20.8. The van der Waals surface area contributed by atoms with Crippen LogP contribution in [0.2, 0.25) is 0 Å². The molecule has 2 saturated heterocycles. The first-order valence-corrected chi connectivity index (χ1v) is 11.2. The zero-order valence-corrected chi connectivity index (χ0v) is 18.4. The lowest BCUT2D eigenvalue weighted by Crippen LogP contribution is -2.51. The quantitative estimate of drug-likeness (QED) is 0.754. The van der Waals surface area contributed by atoms with Crippen molar-refractivity contribution in [3.8, 4) is 5.88 Å². The molecule has 2 aliphatic heterocycles. The summed E-state index contributed by atoms with van der Waals surface area (Å²) in [7, 11) is 1.97. The first-order chi connectivity index (χ1) is 14.5. The highest BCUT2D eigenvalue weighted by Crippen LogP contribution is 2.28. The molecule has 0 saturated carbocycles. The van der Waals surface area contributed by atoms with Gasteiger partial charge in [-0.25, -0.2) is 9.97 Å². The zero-order valence-electron chi connectivity index (χ0n) is 18.4. The maximum Gasteiger partial charge on any atom is 0.224 e. The molecule has 1 aromatic carbocycles. The Labute approximate surface area is 179 Å². The number of benzene rings is 1. The topological polar surface area (TPSA) is 61.8 Å². The SMILES string of the molecule is CC(C)Oc1ncnc2ccc(N3CCN(CC4CCCCC(=O)N4C)CC3)cc12. The molecule has 162 valence electrons. The Hall–Kier alpha value is -2.41.